The fourth-order valence-electron chi connectivity index (χ4n) is 2.16. The summed E-state index contributed by atoms with van der Waals surface area (Å²) in [6.45, 7) is 0. The van der Waals surface area contributed by atoms with E-state index in [-0.39, 0.29) is 5.56 Å². The van der Waals surface area contributed by atoms with Gasteiger partial charge in [-0.25, -0.2) is 22.0 Å². The first-order valence-electron chi connectivity index (χ1n) is 5.88. The van der Waals surface area contributed by atoms with Gasteiger partial charge >= 0.3 is 0 Å². The van der Waals surface area contributed by atoms with E-state index >= 15 is 0 Å². The zero-order valence-corrected chi connectivity index (χ0v) is 10.3. The highest BCUT2D eigenvalue weighted by molar-refractivity contribution is 5.94. The largest absolute Gasteiger partial charge is 0.256 e. The third-order valence-electron chi connectivity index (χ3n) is 3.13. The van der Waals surface area contributed by atoms with E-state index in [1.165, 1.54) is 18.3 Å². The molecule has 0 aliphatic rings. The summed E-state index contributed by atoms with van der Waals surface area (Å²) < 4.78 is 67.5. The maximum Gasteiger partial charge on any atom is 0.200 e. The molecule has 1 heterocycles. The Labute approximate surface area is 115 Å². The van der Waals surface area contributed by atoms with E-state index < -0.39 is 34.6 Å². The zero-order valence-electron chi connectivity index (χ0n) is 10.3. The Morgan fingerprint density at radius 3 is 1.90 bits per heavy atom. The summed E-state index contributed by atoms with van der Waals surface area (Å²) in [6.07, 6.45) is 1.25. The van der Waals surface area contributed by atoms with Gasteiger partial charge in [-0.05, 0) is 17.7 Å². The molecule has 0 radical (unpaired) electrons. The summed E-state index contributed by atoms with van der Waals surface area (Å²) in [4.78, 5) is 3.98. The van der Waals surface area contributed by atoms with Crippen molar-refractivity contribution >= 4 is 10.9 Å². The third-order valence-corrected chi connectivity index (χ3v) is 3.13. The molecule has 6 heteroatoms. The predicted octanol–water partition coefficient (Wildman–Crippen LogP) is 4.60. The Morgan fingerprint density at radius 2 is 1.24 bits per heavy atom. The number of pyridine rings is 1. The highest BCUT2D eigenvalue weighted by Crippen LogP contribution is 2.34. The number of hydrogen-bond acceptors (Lipinski definition) is 1. The van der Waals surface area contributed by atoms with Crippen molar-refractivity contribution in [3.8, 4) is 11.1 Å². The number of hydrogen-bond donors (Lipinski definition) is 0. The van der Waals surface area contributed by atoms with Crippen LogP contribution in [0.15, 0.2) is 36.5 Å². The van der Waals surface area contributed by atoms with Crippen LogP contribution in [0, 0.1) is 29.1 Å². The van der Waals surface area contributed by atoms with Crippen molar-refractivity contribution < 1.29 is 22.0 Å². The molecule has 1 aromatic heterocycles. The maximum atomic E-state index is 13.9. The topological polar surface area (TPSA) is 12.9 Å². The van der Waals surface area contributed by atoms with Crippen LogP contribution in [-0.2, 0) is 0 Å². The second-order valence-electron chi connectivity index (χ2n) is 4.32. The van der Waals surface area contributed by atoms with Crippen molar-refractivity contribution in [2.75, 3.05) is 0 Å². The molecule has 3 aromatic rings. The summed E-state index contributed by atoms with van der Waals surface area (Å²) in [5.41, 5.74) is -0.669. The molecule has 0 spiro atoms. The highest BCUT2D eigenvalue weighted by atomic mass is 19.2. The van der Waals surface area contributed by atoms with Crippen molar-refractivity contribution in [1.29, 1.82) is 0 Å². The molecule has 0 aliphatic carbocycles. The quantitative estimate of drug-likeness (QED) is 0.363. The van der Waals surface area contributed by atoms with Crippen LogP contribution in [0.2, 0.25) is 0 Å². The van der Waals surface area contributed by atoms with Crippen LogP contribution in [0.4, 0.5) is 22.0 Å². The van der Waals surface area contributed by atoms with E-state index in [0.29, 0.717) is 10.9 Å². The Kier molecular flexibility index (Phi) is 3.08. The molecule has 21 heavy (non-hydrogen) atoms. The fraction of sp³-hybridized carbons (Fsp3) is 0. The Balaban J connectivity index is 2.44. The molecule has 0 saturated carbocycles. The van der Waals surface area contributed by atoms with Gasteiger partial charge in [0.05, 0.1) is 11.1 Å². The molecule has 106 valence electrons. The minimum absolute atomic E-state index is 0.103. The standard InChI is InChI=1S/C15H6F5N/c16-11-10(12(17)14(19)15(20)13(11)18)8-5-6-21-9-4-2-1-3-7(8)9/h1-6H. The first-order valence-corrected chi connectivity index (χ1v) is 5.88. The Hall–Kier alpha value is -2.50. The lowest BCUT2D eigenvalue weighted by Gasteiger charge is -2.10. The molecule has 0 amide bonds. The molecule has 0 unspecified atom stereocenters. The molecular formula is C15H6F5N. The monoisotopic (exact) mass is 295 g/mol. The Bertz CT molecular complexity index is 826. The van der Waals surface area contributed by atoms with E-state index in [4.69, 9.17) is 0 Å². The van der Waals surface area contributed by atoms with Crippen LogP contribution >= 0.6 is 0 Å². The van der Waals surface area contributed by atoms with Crippen LogP contribution in [0.5, 0.6) is 0 Å². The highest BCUT2D eigenvalue weighted by Gasteiger charge is 2.27. The molecule has 2 aromatic carbocycles. The molecular weight excluding hydrogens is 289 g/mol. The van der Waals surface area contributed by atoms with E-state index in [9.17, 15) is 22.0 Å². The summed E-state index contributed by atoms with van der Waals surface area (Å²) >= 11 is 0. The van der Waals surface area contributed by atoms with Gasteiger partial charge in [0.15, 0.2) is 23.3 Å². The molecule has 0 N–H and O–H groups in total. The van der Waals surface area contributed by atoms with E-state index in [0.717, 1.165) is 0 Å². The van der Waals surface area contributed by atoms with Crippen LogP contribution in [0.1, 0.15) is 0 Å². The van der Waals surface area contributed by atoms with Crippen molar-refractivity contribution in [3.63, 3.8) is 0 Å². The van der Waals surface area contributed by atoms with Gasteiger partial charge in [0.25, 0.3) is 0 Å². The lowest BCUT2D eigenvalue weighted by atomic mass is 9.99. The molecule has 0 bridgehead atoms. The number of para-hydroxylation sites is 1. The van der Waals surface area contributed by atoms with Gasteiger partial charge in [0.2, 0.25) is 5.82 Å². The summed E-state index contributed by atoms with van der Waals surface area (Å²) in [5.74, 6) is -9.83. The zero-order chi connectivity index (χ0) is 15.1. The van der Waals surface area contributed by atoms with Crippen molar-refractivity contribution in [2.45, 2.75) is 0 Å². The second-order valence-corrected chi connectivity index (χ2v) is 4.32. The van der Waals surface area contributed by atoms with E-state index in [1.807, 2.05) is 0 Å². The van der Waals surface area contributed by atoms with Crippen LogP contribution in [0.25, 0.3) is 22.0 Å². The number of rotatable bonds is 1. The van der Waals surface area contributed by atoms with E-state index in [2.05, 4.69) is 4.98 Å². The number of halogens is 5. The fourth-order valence-corrected chi connectivity index (χ4v) is 2.16. The number of nitrogens with zero attached hydrogens (tertiary/aromatic N) is 1. The van der Waals surface area contributed by atoms with Gasteiger partial charge in [0, 0.05) is 11.6 Å². The predicted molar refractivity (Wildman–Crippen MR) is 67.0 cm³/mol. The number of fused-ring (bicyclic) bond motifs is 1. The normalized spacial score (nSPS) is 11.1. The SMILES string of the molecule is Fc1c(F)c(F)c(-c2ccnc3ccccc23)c(F)c1F. The smallest absolute Gasteiger partial charge is 0.200 e. The van der Waals surface area contributed by atoms with Crippen LogP contribution in [-0.4, -0.2) is 4.98 Å². The van der Waals surface area contributed by atoms with Gasteiger partial charge in [0.1, 0.15) is 0 Å². The molecule has 0 fully saturated rings. The van der Waals surface area contributed by atoms with Crippen LogP contribution < -0.4 is 0 Å². The van der Waals surface area contributed by atoms with Gasteiger partial charge in [-0.1, -0.05) is 18.2 Å². The molecule has 0 atom stereocenters. The lowest BCUT2D eigenvalue weighted by Crippen LogP contribution is -2.04. The van der Waals surface area contributed by atoms with Crippen molar-refractivity contribution in [2.24, 2.45) is 0 Å². The number of aromatic nitrogens is 1. The van der Waals surface area contributed by atoms with Crippen molar-refractivity contribution in [3.05, 3.63) is 65.6 Å². The molecule has 0 aliphatic heterocycles. The summed E-state index contributed by atoms with van der Waals surface area (Å²) in [7, 11) is 0. The van der Waals surface area contributed by atoms with Gasteiger partial charge in [-0.3, -0.25) is 4.98 Å². The lowest BCUT2D eigenvalue weighted by molar-refractivity contribution is 0.381. The first kappa shape index (κ1) is 13.5. The molecule has 3 rings (SSSR count). The van der Waals surface area contributed by atoms with Crippen molar-refractivity contribution in [1.82, 2.24) is 4.98 Å². The van der Waals surface area contributed by atoms with Gasteiger partial charge in [-0.15, -0.1) is 0 Å². The average molecular weight is 295 g/mol. The summed E-state index contributed by atoms with van der Waals surface area (Å²) in [6, 6.07) is 7.51. The third kappa shape index (κ3) is 1.94. The summed E-state index contributed by atoms with van der Waals surface area (Å²) in [5, 5.41) is 0.295. The minimum Gasteiger partial charge on any atom is -0.256 e. The average Bonchev–Trinajstić information content (AvgIpc) is 2.51. The van der Waals surface area contributed by atoms with E-state index in [1.54, 1.807) is 18.2 Å². The molecule has 1 nitrogen and oxygen atoms in total. The maximum absolute atomic E-state index is 13.9. The van der Waals surface area contributed by atoms with Gasteiger partial charge < -0.3 is 0 Å². The van der Waals surface area contributed by atoms with Gasteiger partial charge in [-0.2, -0.15) is 0 Å². The van der Waals surface area contributed by atoms with Crippen LogP contribution in [0.3, 0.4) is 0 Å². The number of benzene rings is 2. The minimum atomic E-state index is -2.17. The molecule has 0 saturated heterocycles. The first-order chi connectivity index (χ1) is 10.0. The Morgan fingerprint density at radius 1 is 0.667 bits per heavy atom. The second kappa shape index (κ2) is 4.80.